The molecule has 0 bridgehead atoms. The summed E-state index contributed by atoms with van der Waals surface area (Å²) in [6.07, 6.45) is 0. The lowest BCUT2D eigenvalue weighted by Gasteiger charge is -2.40. The van der Waals surface area contributed by atoms with Crippen LogP contribution in [0.2, 0.25) is 5.02 Å². The number of anilines is 1. The lowest BCUT2D eigenvalue weighted by molar-refractivity contribution is -0.132. The van der Waals surface area contributed by atoms with Crippen molar-refractivity contribution in [3.05, 3.63) is 29.3 Å². The van der Waals surface area contributed by atoms with Crippen LogP contribution in [0.25, 0.3) is 0 Å². The summed E-state index contributed by atoms with van der Waals surface area (Å²) in [4.78, 5) is 15.7. The van der Waals surface area contributed by atoms with E-state index < -0.39 is 0 Å². The van der Waals surface area contributed by atoms with Crippen LogP contribution in [0, 0.1) is 0 Å². The SMILES string of the molecule is CN1CCN(c2cccc(Cl)c2)C(CN)C1=O. The minimum absolute atomic E-state index is 0.0683. The molecule has 0 radical (unpaired) electrons. The quantitative estimate of drug-likeness (QED) is 0.854. The molecular formula is C12H16ClN3O. The molecule has 1 heterocycles. The van der Waals surface area contributed by atoms with E-state index >= 15 is 0 Å². The Bertz CT molecular complexity index is 424. The number of carbonyl (C=O) groups excluding carboxylic acids is 1. The molecule has 1 aromatic carbocycles. The Labute approximate surface area is 106 Å². The summed E-state index contributed by atoms with van der Waals surface area (Å²) in [5.41, 5.74) is 6.65. The lowest BCUT2D eigenvalue weighted by atomic mass is 10.1. The summed E-state index contributed by atoms with van der Waals surface area (Å²) in [5.74, 6) is 0.0683. The summed E-state index contributed by atoms with van der Waals surface area (Å²) in [6, 6.07) is 7.23. The summed E-state index contributed by atoms with van der Waals surface area (Å²) in [5, 5.41) is 0.671. The molecule has 92 valence electrons. The highest BCUT2D eigenvalue weighted by atomic mass is 35.5. The number of nitrogens with two attached hydrogens (primary N) is 1. The molecule has 1 fully saturated rings. The molecule has 0 saturated carbocycles. The molecule has 0 spiro atoms. The molecular weight excluding hydrogens is 238 g/mol. The van der Waals surface area contributed by atoms with Gasteiger partial charge in [0.15, 0.2) is 0 Å². The highest BCUT2D eigenvalue weighted by Crippen LogP contribution is 2.23. The molecule has 0 aromatic heterocycles. The van der Waals surface area contributed by atoms with Gasteiger partial charge in [0.05, 0.1) is 0 Å². The van der Waals surface area contributed by atoms with Gasteiger partial charge in [-0.15, -0.1) is 0 Å². The Hall–Kier alpha value is -1.26. The standard InChI is InChI=1S/C12H16ClN3O/c1-15-5-6-16(11(8-14)12(15)17)10-4-2-3-9(13)7-10/h2-4,7,11H,5-6,8,14H2,1H3. The summed E-state index contributed by atoms with van der Waals surface area (Å²) in [7, 11) is 1.81. The molecule has 1 aliphatic heterocycles. The van der Waals surface area contributed by atoms with Crippen molar-refractivity contribution in [3.63, 3.8) is 0 Å². The van der Waals surface area contributed by atoms with Crippen LogP contribution in [0.5, 0.6) is 0 Å². The minimum atomic E-state index is -0.285. The van der Waals surface area contributed by atoms with Gasteiger partial charge in [0, 0.05) is 37.4 Å². The fourth-order valence-electron chi connectivity index (χ4n) is 2.10. The van der Waals surface area contributed by atoms with Crippen molar-refractivity contribution in [1.29, 1.82) is 0 Å². The Morgan fingerprint density at radius 3 is 2.88 bits per heavy atom. The molecule has 4 nitrogen and oxygen atoms in total. The maximum atomic E-state index is 12.0. The fraction of sp³-hybridized carbons (Fsp3) is 0.417. The first-order chi connectivity index (χ1) is 8.13. The molecule has 1 saturated heterocycles. The molecule has 1 amide bonds. The summed E-state index contributed by atoms with van der Waals surface area (Å²) >= 11 is 5.97. The van der Waals surface area contributed by atoms with Crippen LogP contribution in [0.4, 0.5) is 5.69 Å². The second-order valence-electron chi connectivity index (χ2n) is 4.18. The van der Waals surface area contributed by atoms with Gasteiger partial charge in [-0.05, 0) is 18.2 Å². The molecule has 1 unspecified atom stereocenters. The molecule has 1 atom stereocenters. The van der Waals surface area contributed by atoms with E-state index in [0.29, 0.717) is 18.1 Å². The largest absolute Gasteiger partial charge is 0.357 e. The maximum absolute atomic E-state index is 12.0. The van der Waals surface area contributed by atoms with Gasteiger partial charge < -0.3 is 15.5 Å². The second kappa shape index (κ2) is 4.94. The fourth-order valence-corrected chi connectivity index (χ4v) is 2.29. The van der Waals surface area contributed by atoms with Gasteiger partial charge in [-0.3, -0.25) is 4.79 Å². The smallest absolute Gasteiger partial charge is 0.246 e. The van der Waals surface area contributed by atoms with E-state index in [2.05, 4.69) is 0 Å². The normalized spacial score (nSPS) is 20.9. The first kappa shape index (κ1) is 12.2. The molecule has 1 aromatic rings. The van der Waals surface area contributed by atoms with Crippen LogP contribution in [0.15, 0.2) is 24.3 Å². The number of nitrogens with zero attached hydrogens (tertiary/aromatic N) is 2. The van der Waals surface area contributed by atoms with Crippen LogP contribution in [0.1, 0.15) is 0 Å². The summed E-state index contributed by atoms with van der Waals surface area (Å²) < 4.78 is 0. The Morgan fingerprint density at radius 2 is 2.24 bits per heavy atom. The number of hydrogen-bond acceptors (Lipinski definition) is 3. The average Bonchev–Trinajstić information content (AvgIpc) is 2.32. The van der Waals surface area contributed by atoms with Gasteiger partial charge in [-0.2, -0.15) is 0 Å². The van der Waals surface area contributed by atoms with Gasteiger partial charge in [0.25, 0.3) is 0 Å². The first-order valence-corrected chi connectivity index (χ1v) is 5.98. The van der Waals surface area contributed by atoms with Gasteiger partial charge in [0.1, 0.15) is 6.04 Å². The predicted molar refractivity (Wildman–Crippen MR) is 69.3 cm³/mol. The predicted octanol–water partition coefficient (Wildman–Crippen LogP) is 0.946. The highest BCUT2D eigenvalue weighted by Gasteiger charge is 2.31. The van der Waals surface area contributed by atoms with E-state index in [9.17, 15) is 4.79 Å². The van der Waals surface area contributed by atoms with Crippen molar-refractivity contribution >= 4 is 23.2 Å². The zero-order valence-corrected chi connectivity index (χ0v) is 10.5. The molecule has 5 heteroatoms. The monoisotopic (exact) mass is 253 g/mol. The van der Waals surface area contributed by atoms with Crippen molar-refractivity contribution in [3.8, 4) is 0 Å². The van der Waals surface area contributed by atoms with Crippen LogP contribution in [-0.2, 0) is 4.79 Å². The van der Waals surface area contributed by atoms with E-state index in [-0.39, 0.29) is 11.9 Å². The maximum Gasteiger partial charge on any atom is 0.246 e. The van der Waals surface area contributed by atoms with Gasteiger partial charge in [0.2, 0.25) is 5.91 Å². The van der Waals surface area contributed by atoms with Crippen LogP contribution in [-0.4, -0.2) is 43.5 Å². The number of rotatable bonds is 2. The van der Waals surface area contributed by atoms with Crippen molar-refractivity contribution < 1.29 is 4.79 Å². The number of halogens is 1. The Morgan fingerprint density at radius 1 is 1.47 bits per heavy atom. The number of hydrogen-bond donors (Lipinski definition) is 1. The van der Waals surface area contributed by atoms with Gasteiger partial charge >= 0.3 is 0 Å². The van der Waals surface area contributed by atoms with Gasteiger partial charge in [-0.25, -0.2) is 0 Å². The van der Waals surface area contributed by atoms with E-state index in [0.717, 1.165) is 12.2 Å². The van der Waals surface area contributed by atoms with Crippen molar-refractivity contribution in [2.75, 3.05) is 31.6 Å². The molecule has 1 aliphatic rings. The topological polar surface area (TPSA) is 49.6 Å². The molecule has 17 heavy (non-hydrogen) atoms. The number of likely N-dealkylation sites (N-methyl/N-ethyl adjacent to an activating group) is 1. The van der Waals surface area contributed by atoms with Crippen molar-refractivity contribution in [2.24, 2.45) is 5.73 Å². The minimum Gasteiger partial charge on any atom is -0.357 e. The number of amides is 1. The van der Waals surface area contributed by atoms with Crippen molar-refractivity contribution in [1.82, 2.24) is 4.90 Å². The molecule has 2 N–H and O–H groups in total. The van der Waals surface area contributed by atoms with Crippen LogP contribution < -0.4 is 10.6 Å². The number of carbonyl (C=O) groups is 1. The van der Waals surface area contributed by atoms with E-state index in [4.69, 9.17) is 17.3 Å². The number of benzene rings is 1. The Kier molecular flexibility index (Phi) is 3.54. The first-order valence-electron chi connectivity index (χ1n) is 5.60. The van der Waals surface area contributed by atoms with Crippen LogP contribution >= 0.6 is 11.6 Å². The third-order valence-electron chi connectivity index (χ3n) is 3.08. The third-order valence-corrected chi connectivity index (χ3v) is 3.31. The zero-order chi connectivity index (χ0) is 12.4. The Balaban J connectivity index is 2.28. The lowest BCUT2D eigenvalue weighted by Crippen LogP contribution is -2.58. The molecule has 2 rings (SSSR count). The zero-order valence-electron chi connectivity index (χ0n) is 9.77. The highest BCUT2D eigenvalue weighted by molar-refractivity contribution is 6.30. The summed E-state index contributed by atoms with van der Waals surface area (Å²) in [6.45, 7) is 1.81. The van der Waals surface area contributed by atoms with Gasteiger partial charge in [-0.1, -0.05) is 17.7 Å². The number of piperazine rings is 1. The van der Waals surface area contributed by atoms with Crippen LogP contribution in [0.3, 0.4) is 0 Å². The van der Waals surface area contributed by atoms with E-state index in [1.54, 1.807) is 11.9 Å². The van der Waals surface area contributed by atoms with E-state index in [1.807, 2.05) is 29.2 Å². The third kappa shape index (κ3) is 2.37. The van der Waals surface area contributed by atoms with E-state index in [1.165, 1.54) is 0 Å². The molecule has 0 aliphatic carbocycles. The average molecular weight is 254 g/mol. The second-order valence-corrected chi connectivity index (χ2v) is 4.62. The van der Waals surface area contributed by atoms with Crippen molar-refractivity contribution in [2.45, 2.75) is 6.04 Å².